The predicted molar refractivity (Wildman–Crippen MR) is 77.7 cm³/mol. The highest BCUT2D eigenvalue weighted by molar-refractivity contribution is 5.75. The van der Waals surface area contributed by atoms with E-state index >= 15 is 0 Å². The van der Waals surface area contributed by atoms with Gasteiger partial charge in [0.05, 0.1) is 5.41 Å². The molecule has 0 aliphatic heterocycles. The summed E-state index contributed by atoms with van der Waals surface area (Å²) in [5.41, 5.74) is -0.626. The van der Waals surface area contributed by atoms with Gasteiger partial charge in [-0.1, -0.05) is 54.4 Å². The largest absolute Gasteiger partial charge is 0.481 e. The van der Waals surface area contributed by atoms with Crippen molar-refractivity contribution in [3.63, 3.8) is 0 Å². The number of carbonyl (C=O) groups is 1. The van der Waals surface area contributed by atoms with Crippen LogP contribution in [0.4, 0.5) is 0 Å². The zero-order valence-electron chi connectivity index (χ0n) is 13.2. The van der Waals surface area contributed by atoms with Crippen LogP contribution in [-0.4, -0.2) is 11.1 Å². The van der Waals surface area contributed by atoms with E-state index in [0.717, 1.165) is 38.5 Å². The van der Waals surface area contributed by atoms with Crippen molar-refractivity contribution in [3.05, 3.63) is 0 Å². The van der Waals surface area contributed by atoms with Crippen LogP contribution in [0.1, 0.15) is 80.1 Å². The first-order valence-corrected chi connectivity index (χ1v) is 7.69. The lowest BCUT2D eigenvalue weighted by Gasteiger charge is -2.51. The number of aliphatic carboxylic acids is 1. The maximum atomic E-state index is 12.0. The first-order chi connectivity index (χ1) is 8.46. The Labute approximate surface area is 113 Å². The summed E-state index contributed by atoms with van der Waals surface area (Å²) in [4.78, 5) is 12.0. The molecule has 0 saturated carbocycles. The molecule has 0 amide bonds. The molecule has 0 aliphatic rings. The molecule has 0 rings (SSSR count). The zero-order valence-corrected chi connectivity index (χ0v) is 13.2. The molecule has 18 heavy (non-hydrogen) atoms. The summed E-state index contributed by atoms with van der Waals surface area (Å²) in [5, 5.41) is 9.86. The van der Waals surface area contributed by atoms with Gasteiger partial charge < -0.3 is 5.11 Å². The molecule has 0 saturated heterocycles. The van der Waals surface area contributed by atoms with E-state index in [2.05, 4.69) is 27.7 Å². The fourth-order valence-electron chi connectivity index (χ4n) is 4.43. The molecular weight excluding hydrogens is 224 g/mol. The Morgan fingerprint density at radius 2 is 1.28 bits per heavy atom. The van der Waals surface area contributed by atoms with E-state index in [-0.39, 0.29) is 5.41 Å². The number of rotatable bonds is 9. The molecule has 0 radical (unpaired) electrons. The lowest BCUT2D eigenvalue weighted by molar-refractivity contribution is -0.166. The van der Waals surface area contributed by atoms with Gasteiger partial charge in [-0.05, 0) is 37.0 Å². The Hall–Kier alpha value is -0.530. The summed E-state index contributed by atoms with van der Waals surface area (Å²) in [6.45, 7) is 12.8. The van der Waals surface area contributed by atoms with E-state index in [4.69, 9.17) is 0 Å². The highest BCUT2D eigenvalue weighted by atomic mass is 16.4. The molecule has 0 aliphatic carbocycles. The van der Waals surface area contributed by atoms with Crippen LogP contribution in [0.15, 0.2) is 0 Å². The van der Waals surface area contributed by atoms with E-state index in [9.17, 15) is 9.90 Å². The van der Waals surface area contributed by atoms with Crippen LogP contribution in [0.2, 0.25) is 0 Å². The van der Waals surface area contributed by atoms with Crippen LogP contribution in [0.25, 0.3) is 0 Å². The van der Waals surface area contributed by atoms with Gasteiger partial charge in [0.25, 0.3) is 0 Å². The number of hydrogen-bond acceptors (Lipinski definition) is 1. The van der Waals surface area contributed by atoms with Gasteiger partial charge in [-0.2, -0.15) is 0 Å². The number of carboxylic acids is 1. The molecule has 0 aromatic carbocycles. The standard InChI is InChI=1S/C16H32O2/c1-7-13(8-2)15(9-3,10-4)16(11-5,12-6)14(17)18/h13H,7-12H2,1-6H3,(H,17,18). The molecule has 0 aromatic rings. The quantitative estimate of drug-likeness (QED) is 0.621. The van der Waals surface area contributed by atoms with E-state index < -0.39 is 11.4 Å². The molecule has 0 heterocycles. The fourth-order valence-corrected chi connectivity index (χ4v) is 4.43. The summed E-state index contributed by atoms with van der Waals surface area (Å²) in [6, 6.07) is 0. The maximum absolute atomic E-state index is 12.0. The Morgan fingerprint density at radius 3 is 1.44 bits per heavy atom. The minimum absolute atomic E-state index is 0.0637. The van der Waals surface area contributed by atoms with Gasteiger partial charge in [0, 0.05) is 0 Å². The summed E-state index contributed by atoms with van der Waals surface area (Å²) >= 11 is 0. The van der Waals surface area contributed by atoms with Crippen molar-refractivity contribution >= 4 is 5.97 Å². The number of carboxylic acid groups (broad SMARTS) is 1. The SMILES string of the molecule is CCC(CC)C(CC)(CC)C(CC)(CC)C(=O)O. The van der Waals surface area contributed by atoms with Crippen LogP contribution in [0.3, 0.4) is 0 Å². The third kappa shape index (κ3) is 2.44. The van der Waals surface area contributed by atoms with Gasteiger partial charge >= 0.3 is 5.97 Å². The second-order valence-electron chi connectivity index (χ2n) is 5.47. The van der Waals surface area contributed by atoms with Crippen molar-refractivity contribution in [3.8, 4) is 0 Å². The van der Waals surface area contributed by atoms with Gasteiger partial charge in [-0.3, -0.25) is 4.79 Å². The molecule has 2 heteroatoms. The highest BCUT2D eigenvalue weighted by Crippen LogP contribution is 2.56. The van der Waals surface area contributed by atoms with Gasteiger partial charge in [-0.15, -0.1) is 0 Å². The van der Waals surface area contributed by atoms with Gasteiger partial charge in [0.15, 0.2) is 0 Å². The Bertz CT molecular complexity index is 246. The molecule has 2 nitrogen and oxygen atoms in total. The fraction of sp³-hybridized carbons (Fsp3) is 0.938. The van der Waals surface area contributed by atoms with E-state index in [1.165, 1.54) is 0 Å². The lowest BCUT2D eigenvalue weighted by atomic mass is 9.51. The van der Waals surface area contributed by atoms with Crippen molar-refractivity contribution < 1.29 is 9.90 Å². The Balaban J connectivity index is 5.87. The highest BCUT2D eigenvalue weighted by Gasteiger charge is 2.54. The van der Waals surface area contributed by atoms with Gasteiger partial charge in [0.2, 0.25) is 0 Å². The Kier molecular flexibility index (Phi) is 6.94. The zero-order chi connectivity index (χ0) is 14.4. The second kappa shape index (κ2) is 7.16. The van der Waals surface area contributed by atoms with Crippen molar-refractivity contribution in [1.29, 1.82) is 0 Å². The molecule has 0 spiro atoms. The van der Waals surface area contributed by atoms with Gasteiger partial charge in [0.1, 0.15) is 0 Å². The van der Waals surface area contributed by atoms with Gasteiger partial charge in [-0.25, -0.2) is 0 Å². The van der Waals surface area contributed by atoms with Crippen LogP contribution < -0.4 is 0 Å². The summed E-state index contributed by atoms with van der Waals surface area (Å²) in [7, 11) is 0. The summed E-state index contributed by atoms with van der Waals surface area (Å²) < 4.78 is 0. The molecule has 1 N–H and O–H groups in total. The van der Waals surface area contributed by atoms with Crippen LogP contribution in [-0.2, 0) is 4.79 Å². The molecule has 0 bridgehead atoms. The average molecular weight is 256 g/mol. The summed E-state index contributed by atoms with van der Waals surface area (Å²) in [6.07, 6.45) is 5.54. The monoisotopic (exact) mass is 256 g/mol. The molecule has 0 aromatic heterocycles. The maximum Gasteiger partial charge on any atom is 0.310 e. The Morgan fingerprint density at radius 1 is 0.889 bits per heavy atom. The molecule has 0 atom stereocenters. The molecule has 0 unspecified atom stereocenters. The molecular formula is C16H32O2. The average Bonchev–Trinajstić information content (AvgIpc) is 2.39. The lowest BCUT2D eigenvalue weighted by Crippen LogP contribution is -2.51. The summed E-state index contributed by atoms with van der Waals surface area (Å²) in [5.74, 6) is -0.0911. The first kappa shape index (κ1) is 17.5. The van der Waals surface area contributed by atoms with Crippen LogP contribution >= 0.6 is 0 Å². The van der Waals surface area contributed by atoms with E-state index in [1.54, 1.807) is 0 Å². The smallest absolute Gasteiger partial charge is 0.310 e. The molecule has 108 valence electrons. The van der Waals surface area contributed by atoms with Crippen molar-refractivity contribution in [1.82, 2.24) is 0 Å². The van der Waals surface area contributed by atoms with Crippen molar-refractivity contribution in [2.45, 2.75) is 80.1 Å². The second-order valence-corrected chi connectivity index (χ2v) is 5.47. The van der Waals surface area contributed by atoms with Crippen molar-refractivity contribution in [2.24, 2.45) is 16.7 Å². The predicted octanol–water partition coefficient (Wildman–Crippen LogP) is 5.12. The van der Waals surface area contributed by atoms with E-state index in [1.807, 2.05) is 13.8 Å². The first-order valence-electron chi connectivity index (χ1n) is 7.69. The normalized spacial score (nSPS) is 13.1. The topological polar surface area (TPSA) is 37.3 Å². The van der Waals surface area contributed by atoms with Crippen molar-refractivity contribution in [2.75, 3.05) is 0 Å². The third-order valence-corrected chi connectivity index (χ3v) is 5.60. The minimum atomic E-state index is -0.594. The minimum Gasteiger partial charge on any atom is -0.481 e. The van der Waals surface area contributed by atoms with Crippen LogP contribution in [0, 0.1) is 16.7 Å². The molecule has 0 fully saturated rings. The van der Waals surface area contributed by atoms with E-state index in [0.29, 0.717) is 5.92 Å². The third-order valence-electron chi connectivity index (χ3n) is 5.60. The number of hydrogen-bond donors (Lipinski definition) is 1. The van der Waals surface area contributed by atoms with Crippen LogP contribution in [0.5, 0.6) is 0 Å².